The molecule has 2 N–H and O–H groups in total. The molecule has 4 heteroatoms. The standard InChI is InChI=1S/C18H21FN2O/c19-15-7-5-14(6-8-15)13-20-17-3-1-2-4-18(17)21-11-9-16(22)10-12-21/h1-8,16,20,22H,9-13H2. The number of hydrogen-bond acceptors (Lipinski definition) is 3. The van der Waals surface area contributed by atoms with E-state index in [2.05, 4.69) is 22.3 Å². The number of nitrogens with zero attached hydrogens (tertiary/aromatic N) is 1. The second kappa shape index (κ2) is 6.79. The molecule has 0 aliphatic carbocycles. The molecule has 1 saturated heterocycles. The second-order valence-electron chi connectivity index (χ2n) is 5.72. The van der Waals surface area contributed by atoms with Crippen LogP contribution in [0.1, 0.15) is 18.4 Å². The van der Waals surface area contributed by atoms with Crippen molar-refractivity contribution >= 4 is 11.4 Å². The number of nitrogens with one attached hydrogen (secondary N) is 1. The van der Waals surface area contributed by atoms with Gasteiger partial charge in [-0.3, -0.25) is 0 Å². The molecule has 22 heavy (non-hydrogen) atoms. The van der Waals surface area contributed by atoms with Gasteiger partial charge in [0, 0.05) is 19.6 Å². The summed E-state index contributed by atoms with van der Waals surface area (Å²) in [7, 11) is 0. The van der Waals surface area contributed by atoms with Gasteiger partial charge in [0.05, 0.1) is 17.5 Å². The Hall–Kier alpha value is -2.07. The highest BCUT2D eigenvalue weighted by Gasteiger charge is 2.18. The molecule has 0 spiro atoms. The van der Waals surface area contributed by atoms with Gasteiger partial charge < -0.3 is 15.3 Å². The Morgan fingerprint density at radius 1 is 1.05 bits per heavy atom. The lowest BCUT2D eigenvalue weighted by atomic mass is 10.1. The maximum absolute atomic E-state index is 12.9. The van der Waals surface area contributed by atoms with Gasteiger partial charge in [0.1, 0.15) is 5.82 Å². The Morgan fingerprint density at radius 3 is 2.45 bits per heavy atom. The molecule has 3 rings (SSSR count). The average Bonchev–Trinajstić information content (AvgIpc) is 2.55. The summed E-state index contributed by atoms with van der Waals surface area (Å²) in [5.41, 5.74) is 3.28. The van der Waals surface area contributed by atoms with E-state index in [-0.39, 0.29) is 11.9 Å². The largest absolute Gasteiger partial charge is 0.393 e. The molecule has 2 aromatic rings. The van der Waals surface area contributed by atoms with Crippen LogP contribution in [-0.2, 0) is 6.54 Å². The summed E-state index contributed by atoms with van der Waals surface area (Å²) in [5, 5.41) is 13.1. The summed E-state index contributed by atoms with van der Waals surface area (Å²) in [6.07, 6.45) is 1.45. The average molecular weight is 300 g/mol. The van der Waals surface area contributed by atoms with Crippen LogP contribution in [0.4, 0.5) is 15.8 Å². The molecule has 0 bridgehead atoms. The minimum Gasteiger partial charge on any atom is -0.393 e. The minimum atomic E-state index is -0.212. The Labute approximate surface area is 130 Å². The smallest absolute Gasteiger partial charge is 0.123 e. The lowest BCUT2D eigenvalue weighted by Crippen LogP contribution is -2.36. The van der Waals surface area contributed by atoms with E-state index in [0.717, 1.165) is 42.9 Å². The Balaban J connectivity index is 1.69. The van der Waals surface area contributed by atoms with Crippen molar-refractivity contribution in [2.45, 2.75) is 25.5 Å². The molecule has 0 aromatic heterocycles. The number of aliphatic hydroxyl groups is 1. The van der Waals surface area contributed by atoms with Crippen LogP contribution in [0.25, 0.3) is 0 Å². The number of para-hydroxylation sites is 2. The van der Waals surface area contributed by atoms with Crippen molar-refractivity contribution in [2.75, 3.05) is 23.3 Å². The highest BCUT2D eigenvalue weighted by atomic mass is 19.1. The fraction of sp³-hybridized carbons (Fsp3) is 0.333. The number of hydrogen-bond donors (Lipinski definition) is 2. The fourth-order valence-corrected chi connectivity index (χ4v) is 2.81. The van der Waals surface area contributed by atoms with Crippen LogP contribution in [0.2, 0.25) is 0 Å². The topological polar surface area (TPSA) is 35.5 Å². The summed E-state index contributed by atoms with van der Waals surface area (Å²) in [6.45, 7) is 2.40. The van der Waals surface area contributed by atoms with Gasteiger partial charge in [0.25, 0.3) is 0 Å². The Morgan fingerprint density at radius 2 is 1.73 bits per heavy atom. The van der Waals surface area contributed by atoms with Crippen molar-refractivity contribution in [3.8, 4) is 0 Å². The lowest BCUT2D eigenvalue weighted by molar-refractivity contribution is 0.145. The summed E-state index contributed by atoms with van der Waals surface area (Å²) >= 11 is 0. The molecule has 1 fully saturated rings. The van der Waals surface area contributed by atoms with Gasteiger partial charge in [-0.2, -0.15) is 0 Å². The lowest BCUT2D eigenvalue weighted by Gasteiger charge is -2.33. The zero-order valence-corrected chi connectivity index (χ0v) is 12.5. The molecule has 1 aliphatic rings. The summed E-state index contributed by atoms with van der Waals surface area (Å²) in [4.78, 5) is 2.31. The molecular weight excluding hydrogens is 279 g/mol. The molecule has 0 unspecified atom stereocenters. The molecule has 1 heterocycles. The molecule has 0 saturated carbocycles. The zero-order valence-electron chi connectivity index (χ0n) is 12.5. The fourth-order valence-electron chi connectivity index (χ4n) is 2.81. The predicted octanol–water partition coefficient (Wildman–Crippen LogP) is 3.40. The van der Waals surface area contributed by atoms with Crippen LogP contribution in [0.3, 0.4) is 0 Å². The van der Waals surface area contributed by atoms with Crippen molar-refractivity contribution < 1.29 is 9.50 Å². The molecular formula is C18H21FN2O. The summed E-state index contributed by atoms with van der Waals surface area (Å²) in [5.74, 6) is -0.212. The van der Waals surface area contributed by atoms with Gasteiger partial charge in [-0.1, -0.05) is 24.3 Å². The van der Waals surface area contributed by atoms with E-state index in [0.29, 0.717) is 6.54 Å². The van der Waals surface area contributed by atoms with Crippen LogP contribution in [0.15, 0.2) is 48.5 Å². The van der Waals surface area contributed by atoms with E-state index in [4.69, 9.17) is 0 Å². The van der Waals surface area contributed by atoms with E-state index >= 15 is 0 Å². The van der Waals surface area contributed by atoms with Crippen LogP contribution in [0.5, 0.6) is 0 Å². The maximum Gasteiger partial charge on any atom is 0.123 e. The zero-order chi connectivity index (χ0) is 15.4. The molecule has 0 atom stereocenters. The normalized spacial score (nSPS) is 15.8. The highest BCUT2D eigenvalue weighted by molar-refractivity contribution is 5.70. The number of halogens is 1. The second-order valence-corrected chi connectivity index (χ2v) is 5.72. The van der Waals surface area contributed by atoms with E-state index in [1.807, 2.05) is 12.1 Å². The first kappa shape index (κ1) is 14.9. The predicted molar refractivity (Wildman–Crippen MR) is 87.6 cm³/mol. The first-order valence-corrected chi connectivity index (χ1v) is 7.73. The van der Waals surface area contributed by atoms with Crippen LogP contribution >= 0.6 is 0 Å². The quantitative estimate of drug-likeness (QED) is 0.908. The van der Waals surface area contributed by atoms with Crippen LogP contribution in [-0.4, -0.2) is 24.3 Å². The van der Waals surface area contributed by atoms with E-state index < -0.39 is 0 Å². The summed E-state index contributed by atoms with van der Waals surface area (Å²) in [6, 6.07) is 14.8. The first-order valence-electron chi connectivity index (χ1n) is 7.73. The highest BCUT2D eigenvalue weighted by Crippen LogP contribution is 2.28. The monoisotopic (exact) mass is 300 g/mol. The SMILES string of the molecule is OC1CCN(c2ccccc2NCc2ccc(F)cc2)CC1. The Bertz CT molecular complexity index is 607. The van der Waals surface area contributed by atoms with Crippen LogP contribution in [0, 0.1) is 5.82 Å². The van der Waals surface area contributed by atoms with Crippen molar-refractivity contribution in [3.63, 3.8) is 0 Å². The molecule has 3 nitrogen and oxygen atoms in total. The first-order chi connectivity index (χ1) is 10.7. The van der Waals surface area contributed by atoms with E-state index in [9.17, 15) is 9.50 Å². The van der Waals surface area contributed by atoms with Crippen molar-refractivity contribution in [1.82, 2.24) is 0 Å². The van der Waals surface area contributed by atoms with Crippen molar-refractivity contribution in [1.29, 1.82) is 0 Å². The summed E-state index contributed by atoms with van der Waals surface area (Å²) < 4.78 is 12.9. The van der Waals surface area contributed by atoms with Gasteiger partial charge in [-0.15, -0.1) is 0 Å². The Kier molecular flexibility index (Phi) is 4.59. The molecule has 2 aromatic carbocycles. The number of rotatable bonds is 4. The molecule has 116 valence electrons. The van der Waals surface area contributed by atoms with Crippen molar-refractivity contribution in [2.24, 2.45) is 0 Å². The minimum absolute atomic E-state index is 0.171. The maximum atomic E-state index is 12.9. The van der Waals surface area contributed by atoms with Gasteiger partial charge in [-0.25, -0.2) is 4.39 Å². The van der Waals surface area contributed by atoms with Crippen LogP contribution < -0.4 is 10.2 Å². The molecule has 0 amide bonds. The van der Waals surface area contributed by atoms with Gasteiger partial charge in [0.2, 0.25) is 0 Å². The number of anilines is 2. The van der Waals surface area contributed by atoms with E-state index in [1.165, 1.54) is 12.1 Å². The van der Waals surface area contributed by atoms with Gasteiger partial charge in [-0.05, 0) is 42.7 Å². The van der Waals surface area contributed by atoms with Gasteiger partial charge in [0.15, 0.2) is 0 Å². The van der Waals surface area contributed by atoms with Gasteiger partial charge >= 0.3 is 0 Å². The molecule has 1 aliphatic heterocycles. The molecule has 0 radical (unpaired) electrons. The van der Waals surface area contributed by atoms with E-state index in [1.54, 1.807) is 12.1 Å². The third kappa shape index (κ3) is 3.57. The number of piperidine rings is 1. The number of aliphatic hydroxyl groups excluding tert-OH is 1. The third-order valence-electron chi connectivity index (χ3n) is 4.11. The van der Waals surface area contributed by atoms with Crippen molar-refractivity contribution in [3.05, 3.63) is 59.9 Å². The number of benzene rings is 2. The third-order valence-corrected chi connectivity index (χ3v) is 4.11.